The minimum Gasteiger partial charge on any atom is -0.481 e. The fourth-order valence-corrected chi connectivity index (χ4v) is 3.47. The summed E-state index contributed by atoms with van der Waals surface area (Å²) in [6.45, 7) is 0. The summed E-state index contributed by atoms with van der Waals surface area (Å²) < 4.78 is 0.905. The van der Waals surface area contributed by atoms with E-state index < -0.39 is 11.9 Å². The summed E-state index contributed by atoms with van der Waals surface area (Å²) in [6, 6.07) is 12.2. The third-order valence-electron chi connectivity index (χ3n) is 2.70. The van der Waals surface area contributed by atoms with Crippen LogP contribution in [0, 0.1) is 3.57 Å². The molecular formula is C15H11IO4S. The Labute approximate surface area is 139 Å². The van der Waals surface area contributed by atoms with Crippen LogP contribution in [0.4, 0.5) is 0 Å². The van der Waals surface area contributed by atoms with E-state index in [4.69, 9.17) is 10.2 Å². The molecule has 0 aliphatic carbocycles. The largest absolute Gasteiger partial charge is 0.481 e. The van der Waals surface area contributed by atoms with E-state index in [1.54, 1.807) is 24.3 Å². The molecule has 4 nitrogen and oxygen atoms in total. The minimum atomic E-state index is -0.945. The fourth-order valence-electron chi connectivity index (χ4n) is 1.70. The number of carbonyl (C=O) groups is 2. The Hall–Kier alpha value is -1.54. The van der Waals surface area contributed by atoms with Crippen LogP contribution in [-0.4, -0.2) is 22.2 Å². The fraction of sp³-hybridized carbons (Fsp3) is 0.0667. The Kier molecular flexibility index (Phi) is 5.24. The van der Waals surface area contributed by atoms with Crippen molar-refractivity contribution in [2.45, 2.75) is 16.2 Å². The Balaban J connectivity index is 2.14. The van der Waals surface area contributed by atoms with E-state index in [1.807, 2.05) is 18.2 Å². The molecule has 2 N–H and O–H groups in total. The lowest BCUT2D eigenvalue weighted by Gasteiger charge is -2.06. The van der Waals surface area contributed by atoms with Crippen LogP contribution in [-0.2, 0) is 11.2 Å². The van der Waals surface area contributed by atoms with Gasteiger partial charge >= 0.3 is 11.9 Å². The lowest BCUT2D eigenvalue weighted by Crippen LogP contribution is -2.01. The van der Waals surface area contributed by atoms with E-state index in [0.29, 0.717) is 0 Å². The number of benzene rings is 2. The second kappa shape index (κ2) is 6.95. The van der Waals surface area contributed by atoms with Crippen LogP contribution in [0.15, 0.2) is 52.3 Å². The van der Waals surface area contributed by atoms with Crippen molar-refractivity contribution in [2.24, 2.45) is 0 Å². The van der Waals surface area contributed by atoms with Gasteiger partial charge in [-0.05, 0) is 64.6 Å². The zero-order valence-corrected chi connectivity index (χ0v) is 13.7. The predicted octanol–water partition coefficient (Wildman–Crippen LogP) is 3.77. The van der Waals surface area contributed by atoms with Gasteiger partial charge in [-0.1, -0.05) is 17.8 Å². The summed E-state index contributed by atoms with van der Waals surface area (Å²) >= 11 is 3.63. The molecule has 6 heteroatoms. The quantitative estimate of drug-likeness (QED) is 0.729. The Morgan fingerprint density at radius 3 is 2.14 bits per heavy atom. The van der Waals surface area contributed by atoms with E-state index in [2.05, 4.69) is 22.6 Å². The van der Waals surface area contributed by atoms with Crippen molar-refractivity contribution in [1.82, 2.24) is 0 Å². The van der Waals surface area contributed by atoms with E-state index >= 15 is 0 Å². The van der Waals surface area contributed by atoms with Gasteiger partial charge in [0.2, 0.25) is 0 Å². The maximum Gasteiger partial charge on any atom is 0.335 e. The lowest BCUT2D eigenvalue weighted by molar-refractivity contribution is -0.136. The number of hydrogen-bond acceptors (Lipinski definition) is 3. The molecule has 0 saturated carbocycles. The molecule has 0 heterocycles. The lowest BCUT2D eigenvalue weighted by atomic mass is 10.2. The molecule has 0 aliphatic rings. The van der Waals surface area contributed by atoms with Crippen molar-refractivity contribution in [2.75, 3.05) is 0 Å². The number of hydrogen-bond donors (Lipinski definition) is 2. The molecule has 21 heavy (non-hydrogen) atoms. The molecule has 0 atom stereocenters. The number of carboxylic acid groups (broad SMARTS) is 2. The van der Waals surface area contributed by atoms with Crippen molar-refractivity contribution in [3.63, 3.8) is 0 Å². The van der Waals surface area contributed by atoms with Crippen molar-refractivity contribution in [3.8, 4) is 0 Å². The second-order valence-electron chi connectivity index (χ2n) is 4.26. The molecule has 0 amide bonds. The zero-order chi connectivity index (χ0) is 15.4. The predicted molar refractivity (Wildman–Crippen MR) is 88.0 cm³/mol. The summed E-state index contributed by atoms with van der Waals surface area (Å²) in [6.07, 6.45) is 0.0104. The highest BCUT2D eigenvalue weighted by Gasteiger charge is 2.07. The first-order valence-corrected chi connectivity index (χ1v) is 7.86. The van der Waals surface area contributed by atoms with Gasteiger partial charge in [0.15, 0.2) is 0 Å². The molecule has 2 aromatic carbocycles. The van der Waals surface area contributed by atoms with Crippen LogP contribution in [0.25, 0.3) is 0 Å². The summed E-state index contributed by atoms with van der Waals surface area (Å²) in [7, 11) is 0. The van der Waals surface area contributed by atoms with Gasteiger partial charge in [-0.3, -0.25) is 4.79 Å². The third-order valence-corrected chi connectivity index (χ3v) is 4.70. The van der Waals surface area contributed by atoms with Crippen molar-refractivity contribution >= 4 is 46.3 Å². The normalized spacial score (nSPS) is 10.3. The molecule has 0 unspecified atom stereocenters. The molecule has 0 saturated heterocycles. The Morgan fingerprint density at radius 2 is 1.62 bits per heavy atom. The molecule has 108 valence electrons. The number of aliphatic carboxylic acids is 1. The molecule has 0 radical (unpaired) electrons. The number of aromatic carboxylic acids is 1. The molecule has 0 spiro atoms. The highest BCUT2D eigenvalue weighted by atomic mass is 127. The standard InChI is InChI=1S/C15H11IO4S/c16-13-8-12(6-3-10(13)7-14(17)18)21-11-4-1-9(2-5-11)15(19)20/h1-6,8H,7H2,(H,17,18)(H,19,20). The van der Waals surface area contributed by atoms with E-state index in [9.17, 15) is 9.59 Å². The topological polar surface area (TPSA) is 74.6 Å². The Bertz CT molecular complexity index is 683. The number of halogens is 1. The van der Waals surface area contributed by atoms with Crippen molar-refractivity contribution in [3.05, 3.63) is 57.2 Å². The SMILES string of the molecule is O=C(O)Cc1ccc(Sc2ccc(C(=O)O)cc2)cc1I. The average Bonchev–Trinajstić information content (AvgIpc) is 2.42. The Morgan fingerprint density at radius 1 is 1.00 bits per heavy atom. The van der Waals surface area contributed by atoms with Crippen LogP contribution >= 0.6 is 34.4 Å². The maximum absolute atomic E-state index is 10.8. The average molecular weight is 414 g/mol. The van der Waals surface area contributed by atoms with Crippen molar-refractivity contribution < 1.29 is 19.8 Å². The van der Waals surface area contributed by atoms with E-state index in [-0.39, 0.29) is 12.0 Å². The minimum absolute atomic E-state index is 0.0104. The molecular weight excluding hydrogens is 403 g/mol. The van der Waals surface area contributed by atoms with Crippen molar-refractivity contribution in [1.29, 1.82) is 0 Å². The van der Waals surface area contributed by atoms with Crippen LogP contribution in [0.3, 0.4) is 0 Å². The molecule has 0 aromatic heterocycles. The number of rotatable bonds is 5. The van der Waals surface area contributed by atoms with Gasteiger partial charge in [-0.2, -0.15) is 0 Å². The first kappa shape index (κ1) is 15.8. The molecule has 0 aliphatic heterocycles. The van der Waals surface area contributed by atoms with Gasteiger partial charge in [-0.15, -0.1) is 0 Å². The maximum atomic E-state index is 10.8. The monoisotopic (exact) mass is 414 g/mol. The second-order valence-corrected chi connectivity index (χ2v) is 6.56. The molecule has 2 aromatic rings. The van der Waals surface area contributed by atoms with Gasteiger partial charge in [0.05, 0.1) is 12.0 Å². The smallest absolute Gasteiger partial charge is 0.335 e. The summed E-state index contributed by atoms with van der Waals surface area (Å²) in [5.74, 6) is -1.79. The summed E-state index contributed by atoms with van der Waals surface area (Å²) in [5, 5.41) is 17.7. The summed E-state index contributed by atoms with van der Waals surface area (Å²) in [5.41, 5.74) is 1.04. The molecule has 0 fully saturated rings. The van der Waals surface area contributed by atoms with Gasteiger partial charge in [-0.25, -0.2) is 4.79 Å². The van der Waals surface area contributed by atoms with E-state index in [1.165, 1.54) is 11.8 Å². The highest BCUT2D eigenvalue weighted by molar-refractivity contribution is 14.1. The van der Waals surface area contributed by atoms with Gasteiger partial charge < -0.3 is 10.2 Å². The van der Waals surface area contributed by atoms with Gasteiger partial charge in [0, 0.05) is 13.4 Å². The highest BCUT2D eigenvalue weighted by Crippen LogP contribution is 2.30. The van der Waals surface area contributed by atoms with Gasteiger partial charge in [0.25, 0.3) is 0 Å². The first-order valence-electron chi connectivity index (χ1n) is 5.97. The van der Waals surface area contributed by atoms with Gasteiger partial charge in [0.1, 0.15) is 0 Å². The van der Waals surface area contributed by atoms with Crippen LogP contribution in [0.1, 0.15) is 15.9 Å². The van der Waals surface area contributed by atoms with Crippen LogP contribution < -0.4 is 0 Å². The third kappa shape index (κ3) is 4.47. The van der Waals surface area contributed by atoms with E-state index in [0.717, 1.165) is 18.9 Å². The summed E-state index contributed by atoms with van der Waals surface area (Å²) in [4.78, 5) is 23.4. The first-order chi connectivity index (χ1) is 9.95. The van der Waals surface area contributed by atoms with Crippen LogP contribution in [0.2, 0.25) is 0 Å². The zero-order valence-electron chi connectivity index (χ0n) is 10.7. The molecule has 0 bridgehead atoms. The van der Waals surface area contributed by atoms with Crippen LogP contribution in [0.5, 0.6) is 0 Å². The number of carboxylic acids is 2. The molecule has 2 rings (SSSR count).